The molecule has 0 fully saturated rings. The highest BCUT2D eigenvalue weighted by atomic mass is 16.5. The molecular weight excluding hydrogens is 484 g/mol. The first-order valence-corrected chi connectivity index (χ1v) is 13.2. The summed E-state index contributed by atoms with van der Waals surface area (Å²) in [7, 11) is 3.70. The van der Waals surface area contributed by atoms with Crippen LogP contribution in [-0.4, -0.2) is 78.9 Å². The van der Waals surface area contributed by atoms with E-state index in [1.807, 2.05) is 58.2 Å². The van der Waals surface area contributed by atoms with Gasteiger partial charge in [0.1, 0.15) is 17.6 Å². The van der Waals surface area contributed by atoms with Crippen molar-refractivity contribution in [2.75, 3.05) is 39.2 Å². The van der Waals surface area contributed by atoms with Crippen molar-refractivity contribution in [3.8, 4) is 11.5 Å². The number of ether oxygens (including phenoxy) is 2. The minimum atomic E-state index is -0.317. The molecule has 1 aliphatic rings. The van der Waals surface area contributed by atoms with Gasteiger partial charge in [0, 0.05) is 42.8 Å². The molecule has 208 valence electrons. The fraction of sp³-hybridized carbons (Fsp3) is 0.517. The monoisotopic (exact) mass is 526 g/mol. The molecular formula is C29H42N4O5. The molecule has 0 bridgehead atoms. The molecule has 38 heavy (non-hydrogen) atoms. The van der Waals surface area contributed by atoms with Crippen molar-refractivity contribution in [2.45, 2.75) is 58.8 Å². The van der Waals surface area contributed by atoms with Gasteiger partial charge in [-0.05, 0) is 63.7 Å². The molecule has 2 aromatic rings. The summed E-state index contributed by atoms with van der Waals surface area (Å²) in [6.45, 7) is 9.42. The highest BCUT2D eigenvalue weighted by Crippen LogP contribution is 2.29. The molecule has 0 aliphatic carbocycles. The molecule has 0 saturated carbocycles. The number of aliphatic hydroxyl groups excluding tert-OH is 1. The lowest BCUT2D eigenvalue weighted by Gasteiger charge is -2.34. The molecule has 0 saturated heterocycles. The lowest BCUT2D eigenvalue weighted by atomic mass is 10.0. The van der Waals surface area contributed by atoms with Crippen molar-refractivity contribution in [2.24, 2.45) is 5.92 Å². The number of aliphatic hydroxyl groups is 1. The molecule has 0 aromatic heterocycles. The number of rotatable bonds is 9. The third kappa shape index (κ3) is 8.10. The third-order valence-electron chi connectivity index (χ3n) is 6.70. The van der Waals surface area contributed by atoms with Gasteiger partial charge in [-0.2, -0.15) is 0 Å². The summed E-state index contributed by atoms with van der Waals surface area (Å²) in [6.07, 6.45) is -0.0957. The van der Waals surface area contributed by atoms with Gasteiger partial charge in [-0.15, -0.1) is 0 Å². The maximum atomic E-state index is 13.4. The molecule has 9 nitrogen and oxygen atoms in total. The predicted molar refractivity (Wildman–Crippen MR) is 149 cm³/mol. The summed E-state index contributed by atoms with van der Waals surface area (Å²) in [5.74, 6) is 1.37. The fourth-order valence-corrected chi connectivity index (χ4v) is 4.57. The number of fused-ring (bicyclic) bond motifs is 1. The van der Waals surface area contributed by atoms with Crippen LogP contribution in [0.15, 0.2) is 42.5 Å². The average molecular weight is 527 g/mol. The van der Waals surface area contributed by atoms with Gasteiger partial charge in [0.25, 0.3) is 0 Å². The van der Waals surface area contributed by atoms with Crippen LogP contribution in [0.4, 0.5) is 10.5 Å². The van der Waals surface area contributed by atoms with E-state index in [9.17, 15) is 14.7 Å². The Bertz CT molecular complexity index is 1080. The number of methoxy groups -OCH3 is 1. The van der Waals surface area contributed by atoms with Gasteiger partial charge in [-0.25, -0.2) is 4.79 Å². The fourth-order valence-electron chi connectivity index (χ4n) is 4.57. The Labute approximate surface area is 226 Å². The Morgan fingerprint density at radius 1 is 1.21 bits per heavy atom. The summed E-state index contributed by atoms with van der Waals surface area (Å²) in [5, 5.41) is 15.5. The number of likely N-dealkylation sites (N-methyl/N-ethyl adjacent to an activating group) is 1. The second-order valence-electron chi connectivity index (χ2n) is 10.5. The lowest BCUT2D eigenvalue weighted by Crippen LogP contribution is -2.47. The second kappa shape index (κ2) is 13.5. The molecule has 1 heterocycles. The first kappa shape index (κ1) is 29.3. The summed E-state index contributed by atoms with van der Waals surface area (Å²) < 4.78 is 11.8. The van der Waals surface area contributed by atoms with Crippen LogP contribution >= 0.6 is 0 Å². The highest BCUT2D eigenvalue weighted by molar-refractivity contribution is 5.90. The number of nitrogens with one attached hydrogen (secondary N) is 2. The summed E-state index contributed by atoms with van der Waals surface area (Å²) in [4.78, 5) is 29.6. The number of urea groups is 1. The average Bonchev–Trinajstić information content (AvgIpc) is 2.91. The molecule has 0 unspecified atom stereocenters. The number of carbonyl (C=O) groups excluding carboxylic acids is 2. The molecule has 0 spiro atoms. The zero-order chi connectivity index (χ0) is 27.8. The van der Waals surface area contributed by atoms with Crippen molar-refractivity contribution in [1.82, 2.24) is 15.1 Å². The van der Waals surface area contributed by atoms with Crippen LogP contribution in [0.25, 0.3) is 0 Å². The molecule has 3 atom stereocenters. The van der Waals surface area contributed by atoms with Crippen molar-refractivity contribution < 1.29 is 24.2 Å². The van der Waals surface area contributed by atoms with E-state index < -0.39 is 0 Å². The third-order valence-corrected chi connectivity index (χ3v) is 6.70. The van der Waals surface area contributed by atoms with E-state index in [-0.39, 0.29) is 49.1 Å². The Hall–Kier alpha value is -3.30. The lowest BCUT2D eigenvalue weighted by molar-refractivity contribution is -0.134. The van der Waals surface area contributed by atoms with E-state index in [4.69, 9.17) is 9.47 Å². The Balaban J connectivity index is 1.85. The van der Waals surface area contributed by atoms with Gasteiger partial charge in [0.2, 0.25) is 5.91 Å². The summed E-state index contributed by atoms with van der Waals surface area (Å²) in [6, 6.07) is 12.8. The van der Waals surface area contributed by atoms with Crippen LogP contribution in [0.1, 0.15) is 38.8 Å². The van der Waals surface area contributed by atoms with Gasteiger partial charge in [0.15, 0.2) is 0 Å². The van der Waals surface area contributed by atoms with Gasteiger partial charge < -0.3 is 30.1 Å². The number of carbonyl (C=O) groups is 2. The molecule has 0 radical (unpaired) electrons. The number of benzene rings is 2. The zero-order valence-electron chi connectivity index (χ0n) is 23.4. The Morgan fingerprint density at radius 2 is 1.92 bits per heavy atom. The number of hydrogen-bond donors (Lipinski definition) is 3. The minimum Gasteiger partial charge on any atom is -0.497 e. The highest BCUT2D eigenvalue weighted by Gasteiger charge is 2.31. The standard InChI is InChI=1S/C29H42N4O5/c1-19(2)30-29(36)31-24-9-12-26-23(13-24)14-28(35)33(21(4)18-34)15-20(3)27(38-26)17-32(5)16-22-7-10-25(37-6)11-8-22/h7-13,19-21,27,34H,14-18H2,1-6H3,(H2,30,31,36)/t20-,21+,27+/m0/s1. The van der Waals surface area contributed by atoms with Crippen LogP contribution in [0, 0.1) is 5.92 Å². The number of amides is 3. The smallest absolute Gasteiger partial charge is 0.319 e. The van der Waals surface area contributed by atoms with E-state index >= 15 is 0 Å². The number of anilines is 1. The molecule has 3 amide bonds. The molecule has 2 aromatic carbocycles. The minimum absolute atomic E-state index is 0.00144. The first-order valence-electron chi connectivity index (χ1n) is 13.2. The van der Waals surface area contributed by atoms with Crippen molar-refractivity contribution in [3.63, 3.8) is 0 Å². The van der Waals surface area contributed by atoms with E-state index in [0.29, 0.717) is 30.1 Å². The van der Waals surface area contributed by atoms with Crippen LogP contribution in [0.2, 0.25) is 0 Å². The quantitative estimate of drug-likeness (QED) is 0.462. The van der Waals surface area contributed by atoms with Crippen LogP contribution in [0.5, 0.6) is 11.5 Å². The van der Waals surface area contributed by atoms with Crippen LogP contribution in [-0.2, 0) is 17.8 Å². The summed E-state index contributed by atoms with van der Waals surface area (Å²) >= 11 is 0. The normalized spacial score (nSPS) is 18.7. The Morgan fingerprint density at radius 3 is 2.55 bits per heavy atom. The second-order valence-corrected chi connectivity index (χ2v) is 10.5. The number of hydrogen-bond acceptors (Lipinski definition) is 6. The van der Waals surface area contributed by atoms with E-state index in [0.717, 1.165) is 17.9 Å². The van der Waals surface area contributed by atoms with Gasteiger partial charge >= 0.3 is 6.03 Å². The summed E-state index contributed by atoms with van der Waals surface area (Å²) in [5.41, 5.74) is 2.44. The topological polar surface area (TPSA) is 103 Å². The first-order chi connectivity index (χ1) is 18.1. The van der Waals surface area contributed by atoms with Gasteiger partial charge in [-0.3, -0.25) is 9.69 Å². The molecule has 3 rings (SSSR count). The van der Waals surface area contributed by atoms with Gasteiger partial charge in [0.05, 0.1) is 26.2 Å². The molecule has 3 N–H and O–H groups in total. The van der Waals surface area contributed by atoms with Crippen molar-refractivity contribution in [1.29, 1.82) is 0 Å². The predicted octanol–water partition coefficient (Wildman–Crippen LogP) is 3.51. The van der Waals surface area contributed by atoms with Crippen LogP contribution in [0.3, 0.4) is 0 Å². The SMILES string of the molecule is COc1ccc(CN(C)C[C@H]2Oc3ccc(NC(=O)NC(C)C)cc3CC(=O)N([C@H](C)CO)C[C@@H]2C)cc1. The molecule has 1 aliphatic heterocycles. The largest absolute Gasteiger partial charge is 0.497 e. The number of nitrogens with zero attached hydrogens (tertiary/aromatic N) is 2. The van der Waals surface area contributed by atoms with E-state index in [1.54, 1.807) is 24.1 Å². The maximum Gasteiger partial charge on any atom is 0.319 e. The van der Waals surface area contributed by atoms with Crippen molar-refractivity contribution in [3.05, 3.63) is 53.6 Å². The molecule has 9 heteroatoms. The van der Waals surface area contributed by atoms with Crippen molar-refractivity contribution >= 4 is 17.6 Å². The van der Waals surface area contributed by atoms with Crippen LogP contribution < -0.4 is 20.1 Å². The van der Waals surface area contributed by atoms with E-state index in [2.05, 4.69) is 22.5 Å². The zero-order valence-corrected chi connectivity index (χ0v) is 23.4. The maximum absolute atomic E-state index is 13.4. The Kier molecular flexibility index (Phi) is 10.4. The van der Waals surface area contributed by atoms with E-state index in [1.165, 1.54) is 0 Å². The van der Waals surface area contributed by atoms with Gasteiger partial charge in [-0.1, -0.05) is 19.1 Å².